The number of carbonyl (C=O) groups is 2. The van der Waals surface area contributed by atoms with Crippen molar-refractivity contribution in [2.24, 2.45) is 0 Å². The number of benzene rings is 4. The maximum Gasteiger partial charge on any atom is 0.264 e. The van der Waals surface area contributed by atoms with Gasteiger partial charge in [-0.2, -0.15) is 0 Å². The minimum atomic E-state index is -4.20. The Morgan fingerprint density at radius 2 is 1.40 bits per heavy atom. The molecule has 0 aliphatic carbocycles. The number of nitrogens with one attached hydrogen (secondary N) is 1. The Labute approximate surface area is 281 Å². The van der Waals surface area contributed by atoms with Crippen molar-refractivity contribution in [3.63, 3.8) is 0 Å². The van der Waals surface area contributed by atoms with Gasteiger partial charge >= 0.3 is 0 Å². The van der Waals surface area contributed by atoms with E-state index >= 15 is 0 Å². The van der Waals surface area contributed by atoms with Crippen molar-refractivity contribution in [2.75, 3.05) is 24.0 Å². The van der Waals surface area contributed by atoms with E-state index < -0.39 is 28.5 Å². The molecule has 0 heterocycles. The number of hydrogen-bond donors (Lipinski definition) is 1. The average molecular weight is 758 g/mol. The number of amides is 2. The molecule has 8 nitrogen and oxygen atoms in total. The summed E-state index contributed by atoms with van der Waals surface area (Å²) in [4.78, 5) is 29.5. The van der Waals surface area contributed by atoms with Gasteiger partial charge in [-0.05, 0) is 85.6 Å². The first kappa shape index (κ1) is 34.2. The second-order valence-electron chi connectivity index (χ2n) is 10.1. The highest BCUT2D eigenvalue weighted by Crippen LogP contribution is 2.28. The minimum absolute atomic E-state index is 0.0244. The molecule has 0 radical (unpaired) electrons. The molecule has 0 aromatic heterocycles. The van der Waals surface area contributed by atoms with Crippen LogP contribution < -0.4 is 14.4 Å². The lowest BCUT2D eigenvalue weighted by Gasteiger charge is -2.34. The van der Waals surface area contributed by atoms with E-state index in [1.807, 2.05) is 68.4 Å². The molecule has 1 N–H and O–H groups in total. The quantitative estimate of drug-likeness (QED) is 0.157. The van der Waals surface area contributed by atoms with Gasteiger partial charge in [0.15, 0.2) is 0 Å². The van der Waals surface area contributed by atoms with Gasteiger partial charge in [0.05, 0.1) is 17.2 Å². The van der Waals surface area contributed by atoms with Crippen molar-refractivity contribution < 1.29 is 22.7 Å². The molecule has 236 valence electrons. The second-order valence-corrected chi connectivity index (χ2v) is 13.8. The zero-order valence-corrected chi connectivity index (χ0v) is 29.0. The van der Waals surface area contributed by atoms with E-state index in [4.69, 9.17) is 4.74 Å². The van der Waals surface area contributed by atoms with Crippen LogP contribution in [0.25, 0.3) is 0 Å². The SMILES string of the molecule is CCNC(=O)[C@H](Cc1ccccc1)N(Cc1ccc(Br)cc1)C(=O)CN(c1ccc(OCC)cc1)S(=O)(=O)c1ccc(Br)cc1. The number of likely N-dealkylation sites (N-methyl/N-ethyl adjacent to an activating group) is 1. The zero-order valence-electron chi connectivity index (χ0n) is 25.0. The summed E-state index contributed by atoms with van der Waals surface area (Å²) in [6, 6.07) is 28.8. The molecule has 0 saturated heterocycles. The number of rotatable bonds is 14. The van der Waals surface area contributed by atoms with Crippen LogP contribution in [0, 0.1) is 0 Å². The maximum atomic E-state index is 14.4. The van der Waals surface area contributed by atoms with Crippen LogP contribution in [0.15, 0.2) is 117 Å². The Morgan fingerprint density at radius 1 is 0.800 bits per heavy atom. The number of hydrogen-bond acceptors (Lipinski definition) is 5. The fourth-order valence-corrected chi connectivity index (χ4v) is 6.71. The molecular weight excluding hydrogens is 722 g/mol. The zero-order chi connectivity index (χ0) is 32.4. The van der Waals surface area contributed by atoms with Gasteiger partial charge in [-0.1, -0.05) is 74.3 Å². The molecule has 1 atom stereocenters. The molecular formula is C34H35Br2N3O5S. The molecule has 4 aromatic rings. The third-order valence-corrected chi connectivity index (χ3v) is 9.85. The first-order chi connectivity index (χ1) is 21.6. The molecule has 4 rings (SSSR count). The van der Waals surface area contributed by atoms with Crippen LogP contribution in [0.4, 0.5) is 5.69 Å². The smallest absolute Gasteiger partial charge is 0.264 e. The number of ether oxygens (including phenoxy) is 1. The van der Waals surface area contributed by atoms with E-state index in [1.165, 1.54) is 17.0 Å². The first-order valence-corrected chi connectivity index (χ1v) is 17.5. The number of halogens is 2. The van der Waals surface area contributed by atoms with Crippen LogP contribution in [0.2, 0.25) is 0 Å². The van der Waals surface area contributed by atoms with E-state index in [1.54, 1.807) is 36.4 Å². The van der Waals surface area contributed by atoms with Crippen molar-refractivity contribution in [3.8, 4) is 5.75 Å². The maximum absolute atomic E-state index is 14.4. The summed E-state index contributed by atoms with van der Waals surface area (Å²) in [5.74, 6) is -0.278. The molecule has 0 aliphatic heterocycles. The summed E-state index contributed by atoms with van der Waals surface area (Å²) in [7, 11) is -4.20. The highest BCUT2D eigenvalue weighted by molar-refractivity contribution is 9.10. The normalized spacial score (nSPS) is 11.8. The van der Waals surface area contributed by atoms with Gasteiger partial charge in [0.1, 0.15) is 18.3 Å². The lowest BCUT2D eigenvalue weighted by Crippen LogP contribution is -2.53. The Balaban J connectivity index is 1.79. The predicted octanol–water partition coefficient (Wildman–Crippen LogP) is 6.58. The Morgan fingerprint density at radius 3 is 1.98 bits per heavy atom. The summed E-state index contributed by atoms with van der Waals surface area (Å²) in [5.41, 5.74) is 1.95. The van der Waals surface area contributed by atoms with E-state index in [-0.39, 0.29) is 29.5 Å². The van der Waals surface area contributed by atoms with Crippen LogP contribution in [-0.4, -0.2) is 50.9 Å². The third kappa shape index (κ3) is 9.18. The van der Waals surface area contributed by atoms with Gasteiger partial charge < -0.3 is 15.0 Å². The number of nitrogens with zero attached hydrogens (tertiary/aromatic N) is 2. The fraction of sp³-hybridized carbons (Fsp3) is 0.235. The lowest BCUT2D eigenvalue weighted by molar-refractivity contribution is -0.140. The topological polar surface area (TPSA) is 96.0 Å². The van der Waals surface area contributed by atoms with Crippen molar-refractivity contribution in [1.82, 2.24) is 10.2 Å². The molecule has 11 heteroatoms. The monoisotopic (exact) mass is 755 g/mol. The Hall–Kier alpha value is -3.67. The number of carbonyl (C=O) groups excluding carboxylic acids is 2. The number of sulfonamides is 1. The molecule has 0 spiro atoms. The molecule has 0 aliphatic rings. The average Bonchev–Trinajstić information content (AvgIpc) is 3.03. The van der Waals surface area contributed by atoms with Crippen LogP contribution in [0.1, 0.15) is 25.0 Å². The van der Waals surface area contributed by atoms with Gasteiger partial charge in [0.25, 0.3) is 10.0 Å². The molecule has 0 unspecified atom stereocenters. The van der Waals surface area contributed by atoms with Crippen LogP contribution in [-0.2, 0) is 32.6 Å². The predicted molar refractivity (Wildman–Crippen MR) is 184 cm³/mol. The molecule has 0 saturated carbocycles. The van der Waals surface area contributed by atoms with Crippen LogP contribution in [0.5, 0.6) is 5.75 Å². The molecule has 4 aromatic carbocycles. The summed E-state index contributed by atoms with van der Waals surface area (Å²) in [6.45, 7) is 4.06. The third-order valence-electron chi connectivity index (χ3n) is 7.00. The van der Waals surface area contributed by atoms with E-state index in [2.05, 4.69) is 37.2 Å². The second kappa shape index (κ2) is 16.1. The van der Waals surface area contributed by atoms with Crippen molar-refractivity contribution in [2.45, 2.75) is 37.8 Å². The Bertz CT molecular complexity index is 1670. The van der Waals surface area contributed by atoms with Gasteiger partial charge in [0.2, 0.25) is 11.8 Å². The van der Waals surface area contributed by atoms with Gasteiger partial charge in [-0.3, -0.25) is 13.9 Å². The standard InChI is InChI=1S/C34H35Br2N3O5S/c1-3-37-34(41)32(22-25-8-6-5-7-9-25)38(23-26-10-12-27(35)13-11-26)33(40)24-39(29-16-18-30(19-17-29)44-4-2)45(42,43)31-20-14-28(36)15-21-31/h5-21,32H,3-4,22-24H2,1-2H3,(H,37,41)/t32-/m0/s1. The molecule has 2 amide bonds. The summed E-state index contributed by atoms with van der Waals surface area (Å²) >= 11 is 6.81. The van der Waals surface area contributed by atoms with Gasteiger partial charge in [-0.25, -0.2) is 8.42 Å². The van der Waals surface area contributed by atoms with Crippen molar-refractivity contribution >= 4 is 59.4 Å². The van der Waals surface area contributed by atoms with E-state index in [9.17, 15) is 18.0 Å². The van der Waals surface area contributed by atoms with Crippen molar-refractivity contribution in [3.05, 3.63) is 123 Å². The molecule has 0 fully saturated rings. The minimum Gasteiger partial charge on any atom is -0.494 e. The fourth-order valence-electron chi connectivity index (χ4n) is 4.77. The first-order valence-electron chi connectivity index (χ1n) is 14.5. The van der Waals surface area contributed by atoms with Gasteiger partial charge in [0, 0.05) is 28.5 Å². The summed E-state index contributed by atoms with van der Waals surface area (Å²) < 4.78 is 36.5. The van der Waals surface area contributed by atoms with Gasteiger partial charge in [-0.15, -0.1) is 0 Å². The van der Waals surface area contributed by atoms with Crippen LogP contribution >= 0.6 is 31.9 Å². The van der Waals surface area contributed by atoms with Crippen LogP contribution in [0.3, 0.4) is 0 Å². The Kier molecular flexibility index (Phi) is 12.2. The summed E-state index contributed by atoms with van der Waals surface area (Å²) in [5, 5.41) is 2.87. The highest BCUT2D eigenvalue weighted by atomic mass is 79.9. The number of anilines is 1. The highest BCUT2D eigenvalue weighted by Gasteiger charge is 2.34. The molecule has 45 heavy (non-hydrogen) atoms. The largest absolute Gasteiger partial charge is 0.494 e. The van der Waals surface area contributed by atoms with E-state index in [0.717, 1.165) is 24.4 Å². The van der Waals surface area contributed by atoms with E-state index in [0.29, 0.717) is 18.9 Å². The van der Waals surface area contributed by atoms with Crippen molar-refractivity contribution in [1.29, 1.82) is 0 Å². The summed E-state index contributed by atoms with van der Waals surface area (Å²) in [6.07, 6.45) is 0.247. The molecule has 0 bridgehead atoms. The lowest BCUT2D eigenvalue weighted by atomic mass is 10.0.